The number of hydrogen-bond acceptors (Lipinski definition) is 3. The van der Waals surface area contributed by atoms with Crippen LogP contribution in [0.2, 0.25) is 0 Å². The summed E-state index contributed by atoms with van der Waals surface area (Å²) < 4.78 is 2.22. The lowest BCUT2D eigenvalue weighted by atomic mass is 10.1. The minimum atomic E-state index is 0.193. The second kappa shape index (κ2) is 6.09. The molecular formula is C17H30N4. The van der Waals surface area contributed by atoms with Gasteiger partial charge in [-0.1, -0.05) is 12.8 Å². The van der Waals surface area contributed by atoms with Crippen LogP contribution in [0.3, 0.4) is 0 Å². The maximum Gasteiger partial charge on any atom is 0.0765 e. The normalized spacial score (nSPS) is 27.9. The van der Waals surface area contributed by atoms with Crippen LogP contribution in [0.5, 0.6) is 0 Å². The molecule has 0 amide bonds. The number of nitrogens with zero attached hydrogens (tertiary/aromatic N) is 3. The van der Waals surface area contributed by atoms with Crippen LogP contribution in [0.15, 0.2) is 12.3 Å². The molecule has 1 saturated heterocycles. The first-order valence-corrected chi connectivity index (χ1v) is 8.57. The summed E-state index contributed by atoms with van der Waals surface area (Å²) in [4.78, 5) is 2.58. The van der Waals surface area contributed by atoms with Gasteiger partial charge in [-0.2, -0.15) is 5.10 Å². The molecule has 0 radical (unpaired) electrons. The number of nitrogens with one attached hydrogen (secondary N) is 1. The summed E-state index contributed by atoms with van der Waals surface area (Å²) in [6.45, 7) is 10.1. The van der Waals surface area contributed by atoms with E-state index in [1.807, 2.05) is 0 Å². The van der Waals surface area contributed by atoms with Crippen molar-refractivity contribution in [2.75, 3.05) is 13.1 Å². The molecule has 0 spiro atoms. The van der Waals surface area contributed by atoms with Gasteiger partial charge in [0.25, 0.3) is 0 Å². The fourth-order valence-electron chi connectivity index (χ4n) is 3.78. The molecule has 4 heteroatoms. The molecule has 4 nitrogen and oxygen atoms in total. The quantitative estimate of drug-likeness (QED) is 0.929. The van der Waals surface area contributed by atoms with E-state index in [0.717, 1.165) is 19.6 Å². The maximum atomic E-state index is 4.85. The Hall–Kier alpha value is -0.870. The lowest BCUT2D eigenvalue weighted by Crippen LogP contribution is -2.47. The van der Waals surface area contributed by atoms with Gasteiger partial charge < -0.3 is 5.32 Å². The van der Waals surface area contributed by atoms with Crippen molar-refractivity contribution >= 4 is 0 Å². The monoisotopic (exact) mass is 290 g/mol. The second-order valence-electron chi connectivity index (χ2n) is 7.58. The Bertz CT molecular complexity index is 459. The van der Waals surface area contributed by atoms with Crippen molar-refractivity contribution in [3.63, 3.8) is 0 Å². The number of rotatable bonds is 3. The standard InChI is InChI=1S/C17H30N4/c1-14-8-10-18-17(2,3)13-20(14)12-15-9-11-21(19-15)16-6-4-5-7-16/h9,11,14,16,18H,4-8,10,12-13H2,1-3H3. The molecule has 0 bridgehead atoms. The second-order valence-corrected chi connectivity index (χ2v) is 7.58. The molecule has 1 aliphatic carbocycles. The molecule has 1 aromatic heterocycles. The predicted molar refractivity (Wildman–Crippen MR) is 86.3 cm³/mol. The zero-order valence-corrected chi connectivity index (χ0v) is 13.8. The Balaban J connectivity index is 1.66. The highest BCUT2D eigenvalue weighted by atomic mass is 15.3. The van der Waals surface area contributed by atoms with Crippen molar-refractivity contribution in [3.8, 4) is 0 Å². The van der Waals surface area contributed by atoms with Gasteiger partial charge in [0, 0.05) is 30.9 Å². The summed E-state index contributed by atoms with van der Waals surface area (Å²) in [5.74, 6) is 0. The van der Waals surface area contributed by atoms with Crippen molar-refractivity contribution in [1.82, 2.24) is 20.0 Å². The van der Waals surface area contributed by atoms with E-state index in [1.165, 1.54) is 37.8 Å². The molecule has 1 aliphatic heterocycles. The smallest absolute Gasteiger partial charge is 0.0765 e. The topological polar surface area (TPSA) is 33.1 Å². The summed E-state index contributed by atoms with van der Waals surface area (Å²) in [6, 6.07) is 3.49. The Morgan fingerprint density at radius 2 is 2.05 bits per heavy atom. The van der Waals surface area contributed by atoms with Crippen LogP contribution >= 0.6 is 0 Å². The molecule has 2 fully saturated rings. The van der Waals surface area contributed by atoms with E-state index in [4.69, 9.17) is 5.10 Å². The van der Waals surface area contributed by atoms with Gasteiger partial charge in [-0.25, -0.2) is 0 Å². The van der Waals surface area contributed by atoms with Crippen LogP contribution in [-0.2, 0) is 6.54 Å². The third-order valence-corrected chi connectivity index (χ3v) is 5.11. The molecular weight excluding hydrogens is 260 g/mol. The van der Waals surface area contributed by atoms with Crippen molar-refractivity contribution in [1.29, 1.82) is 0 Å². The zero-order valence-electron chi connectivity index (χ0n) is 13.8. The Kier molecular flexibility index (Phi) is 4.36. The summed E-state index contributed by atoms with van der Waals surface area (Å²) in [5.41, 5.74) is 1.42. The van der Waals surface area contributed by atoms with E-state index in [9.17, 15) is 0 Å². The summed E-state index contributed by atoms with van der Waals surface area (Å²) in [5, 5.41) is 8.50. The lowest BCUT2D eigenvalue weighted by molar-refractivity contribution is 0.170. The summed E-state index contributed by atoms with van der Waals surface area (Å²) in [6.07, 6.45) is 8.74. The predicted octanol–water partition coefficient (Wildman–Crippen LogP) is 2.96. The number of aromatic nitrogens is 2. The molecule has 3 rings (SSSR count). The van der Waals surface area contributed by atoms with Crippen molar-refractivity contribution in [3.05, 3.63) is 18.0 Å². The van der Waals surface area contributed by atoms with Crippen LogP contribution in [0.25, 0.3) is 0 Å². The first-order valence-electron chi connectivity index (χ1n) is 8.57. The minimum Gasteiger partial charge on any atom is -0.310 e. The highest BCUT2D eigenvalue weighted by Crippen LogP contribution is 2.29. The van der Waals surface area contributed by atoms with Crippen molar-refractivity contribution < 1.29 is 0 Å². The van der Waals surface area contributed by atoms with Crippen LogP contribution in [0.4, 0.5) is 0 Å². The number of hydrogen-bond donors (Lipinski definition) is 1. The Labute approximate surface area is 128 Å². The summed E-state index contributed by atoms with van der Waals surface area (Å²) >= 11 is 0. The largest absolute Gasteiger partial charge is 0.310 e. The third-order valence-electron chi connectivity index (χ3n) is 5.11. The molecule has 2 aliphatic rings. The van der Waals surface area contributed by atoms with Gasteiger partial charge in [0.05, 0.1) is 11.7 Å². The van der Waals surface area contributed by atoms with E-state index in [1.54, 1.807) is 0 Å². The summed E-state index contributed by atoms with van der Waals surface area (Å²) in [7, 11) is 0. The molecule has 0 aromatic carbocycles. The van der Waals surface area contributed by atoms with Crippen LogP contribution in [-0.4, -0.2) is 39.4 Å². The average molecular weight is 290 g/mol. The van der Waals surface area contributed by atoms with Gasteiger partial charge in [0.1, 0.15) is 0 Å². The van der Waals surface area contributed by atoms with Crippen LogP contribution in [0.1, 0.15) is 64.6 Å². The highest BCUT2D eigenvalue weighted by molar-refractivity contribution is 5.02. The van der Waals surface area contributed by atoms with Gasteiger partial charge in [-0.15, -0.1) is 0 Å². The third kappa shape index (κ3) is 3.67. The first-order chi connectivity index (χ1) is 10.0. The maximum absolute atomic E-state index is 4.85. The van der Waals surface area contributed by atoms with Crippen LogP contribution in [0, 0.1) is 0 Å². The molecule has 2 heterocycles. The van der Waals surface area contributed by atoms with E-state index >= 15 is 0 Å². The molecule has 1 unspecified atom stereocenters. The average Bonchev–Trinajstić information content (AvgIpc) is 3.05. The van der Waals surface area contributed by atoms with E-state index in [0.29, 0.717) is 12.1 Å². The minimum absolute atomic E-state index is 0.193. The zero-order chi connectivity index (χ0) is 14.9. The van der Waals surface area contributed by atoms with Crippen molar-refractivity contribution in [2.24, 2.45) is 0 Å². The lowest BCUT2D eigenvalue weighted by Gasteiger charge is -2.32. The van der Waals surface area contributed by atoms with Gasteiger partial charge in [-0.3, -0.25) is 9.58 Å². The molecule has 1 saturated carbocycles. The van der Waals surface area contributed by atoms with E-state index < -0.39 is 0 Å². The first kappa shape index (κ1) is 15.0. The molecule has 21 heavy (non-hydrogen) atoms. The molecule has 1 atom stereocenters. The van der Waals surface area contributed by atoms with Gasteiger partial charge in [0.15, 0.2) is 0 Å². The van der Waals surface area contributed by atoms with Crippen molar-refractivity contribution in [2.45, 2.75) is 77.0 Å². The van der Waals surface area contributed by atoms with E-state index in [-0.39, 0.29) is 5.54 Å². The van der Waals surface area contributed by atoms with Gasteiger partial charge in [-0.05, 0) is 52.6 Å². The van der Waals surface area contributed by atoms with Crippen LogP contribution < -0.4 is 5.32 Å². The van der Waals surface area contributed by atoms with Gasteiger partial charge in [0.2, 0.25) is 0 Å². The Morgan fingerprint density at radius 3 is 2.81 bits per heavy atom. The van der Waals surface area contributed by atoms with Gasteiger partial charge >= 0.3 is 0 Å². The molecule has 1 aromatic rings. The highest BCUT2D eigenvalue weighted by Gasteiger charge is 2.28. The Morgan fingerprint density at radius 1 is 1.29 bits per heavy atom. The van der Waals surface area contributed by atoms with E-state index in [2.05, 4.69) is 47.9 Å². The fraction of sp³-hybridized carbons (Fsp3) is 0.824. The molecule has 1 N–H and O–H groups in total. The fourth-order valence-corrected chi connectivity index (χ4v) is 3.78. The SMILES string of the molecule is CC1CCNC(C)(C)CN1Cc1ccn(C2CCCC2)n1. The molecule has 118 valence electrons.